The van der Waals surface area contributed by atoms with E-state index in [9.17, 15) is 0 Å². The zero-order valence-electron chi connectivity index (χ0n) is 16.5. The molecule has 0 atom stereocenters. The van der Waals surface area contributed by atoms with Crippen molar-refractivity contribution in [2.75, 3.05) is 55.0 Å². The van der Waals surface area contributed by atoms with Crippen LogP contribution in [0.3, 0.4) is 0 Å². The monoisotopic (exact) mass is 367 g/mol. The molecule has 142 valence electrons. The highest BCUT2D eigenvalue weighted by molar-refractivity contribution is 5.87. The van der Waals surface area contributed by atoms with Crippen molar-refractivity contribution in [3.05, 3.63) is 23.8 Å². The van der Waals surface area contributed by atoms with Crippen molar-refractivity contribution in [3.63, 3.8) is 0 Å². The molecular weight excluding hydrogens is 342 g/mol. The molecular formula is C18H25N9. The maximum atomic E-state index is 4.71. The van der Waals surface area contributed by atoms with Gasteiger partial charge in [0.25, 0.3) is 0 Å². The van der Waals surface area contributed by atoms with E-state index in [1.807, 2.05) is 46.1 Å². The van der Waals surface area contributed by atoms with E-state index in [2.05, 4.69) is 30.9 Å². The molecule has 4 rings (SSSR count). The van der Waals surface area contributed by atoms with Crippen molar-refractivity contribution in [1.82, 2.24) is 29.7 Å². The Morgan fingerprint density at radius 1 is 0.926 bits per heavy atom. The van der Waals surface area contributed by atoms with Crippen LogP contribution >= 0.6 is 0 Å². The Kier molecular flexibility index (Phi) is 4.29. The SMILES string of the molecule is Cc1cc(N2CCN(c3nc(C)nc4c3cnn4C)CC2)nc(N(C)C)n1. The lowest BCUT2D eigenvalue weighted by atomic mass is 10.2. The molecule has 3 aromatic heterocycles. The van der Waals surface area contributed by atoms with Gasteiger partial charge in [-0.1, -0.05) is 0 Å². The molecule has 0 radical (unpaired) electrons. The average Bonchev–Trinajstić information content (AvgIpc) is 3.01. The van der Waals surface area contributed by atoms with Crippen molar-refractivity contribution >= 4 is 28.6 Å². The van der Waals surface area contributed by atoms with Crippen molar-refractivity contribution in [1.29, 1.82) is 0 Å². The first kappa shape index (κ1) is 17.4. The lowest BCUT2D eigenvalue weighted by Crippen LogP contribution is -2.47. The third kappa shape index (κ3) is 3.24. The molecule has 1 aliphatic heterocycles. The van der Waals surface area contributed by atoms with Gasteiger partial charge in [-0.15, -0.1) is 0 Å². The van der Waals surface area contributed by atoms with Gasteiger partial charge in [0.15, 0.2) is 5.65 Å². The number of anilines is 3. The lowest BCUT2D eigenvalue weighted by Gasteiger charge is -2.36. The predicted octanol–water partition coefficient (Wildman–Crippen LogP) is 1.16. The molecule has 9 heteroatoms. The van der Waals surface area contributed by atoms with E-state index in [-0.39, 0.29) is 0 Å². The minimum atomic E-state index is 0.746. The van der Waals surface area contributed by atoms with E-state index in [0.29, 0.717) is 0 Å². The van der Waals surface area contributed by atoms with Crippen LogP contribution in [-0.2, 0) is 7.05 Å². The number of aromatic nitrogens is 6. The molecule has 0 bridgehead atoms. The topological polar surface area (TPSA) is 79.1 Å². The first-order chi connectivity index (χ1) is 12.9. The van der Waals surface area contributed by atoms with Crippen LogP contribution in [0.1, 0.15) is 11.5 Å². The summed E-state index contributed by atoms with van der Waals surface area (Å²) in [5, 5.41) is 5.35. The highest BCUT2D eigenvalue weighted by Crippen LogP contribution is 2.25. The van der Waals surface area contributed by atoms with Gasteiger partial charge in [0.05, 0.1) is 11.6 Å². The highest BCUT2D eigenvalue weighted by atomic mass is 15.3. The van der Waals surface area contributed by atoms with Gasteiger partial charge in [0, 0.05) is 59.1 Å². The van der Waals surface area contributed by atoms with Crippen LogP contribution in [0, 0.1) is 13.8 Å². The molecule has 0 saturated carbocycles. The number of aryl methyl sites for hydroxylation is 3. The Labute approximate surface area is 158 Å². The van der Waals surface area contributed by atoms with Crippen LogP contribution in [0.2, 0.25) is 0 Å². The number of fused-ring (bicyclic) bond motifs is 1. The van der Waals surface area contributed by atoms with Gasteiger partial charge in [0.1, 0.15) is 17.5 Å². The molecule has 0 aliphatic carbocycles. The predicted molar refractivity (Wildman–Crippen MR) is 107 cm³/mol. The molecule has 0 N–H and O–H groups in total. The second-order valence-electron chi connectivity index (χ2n) is 7.14. The zero-order chi connectivity index (χ0) is 19.1. The van der Waals surface area contributed by atoms with Crippen molar-refractivity contribution < 1.29 is 0 Å². The molecule has 0 aromatic carbocycles. The number of rotatable bonds is 3. The molecule has 0 unspecified atom stereocenters. The van der Waals surface area contributed by atoms with E-state index < -0.39 is 0 Å². The van der Waals surface area contributed by atoms with Gasteiger partial charge >= 0.3 is 0 Å². The summed E-state index contributed by atoms with van der Waals surface area (Å²) >= 11 is 0. The van der Waals surface area contributed by atoms with Gasteiger partial charge in [-0.05, 0) is 13.8 Å². The van der Waals surface area contributed by atoms with Crippen LogP contribution in [0.15, 0.2) is 12.3 Å². The Hall–Kier alpha value is -2.97. The van der Waals surface area contributed by atoms with E-state index >= 15 is 0 Å². The Morgan fingerprint density at radius 2 is 1.63 bits per heavy atom. The van der Waals surface area contributed by atoms with Crippen LogP contribution in [0.5, 0.6) is 0 Å². The van der Waals surface area contributed by atoms with Crippen LogP contribution in [0.25, 0.3) is 11.0 Å². The second-order valence-corrected chi connectivity index (χ2v) is 7.14. The summed E-state index contributed by atoms with van der Waals surface area (Å²) in [6.45, 7) is 7.46. The van der Waals surface area contributed by atoms with Crippen molar-refractivity contribution in [3.8, 4) is 0 Å². The van der Waals surface area contributed by atoms with E-state index in [0.717, 1.165) is 66.3 Å². The van der Waals surface area contributed by atoms with Crippen LogP contribution < -0.4 is 14.7 Å². The minimum Gasteiger partial charge on any atom is -0.353 e. The summed E-state index contributed by atoms with van der Waals surface area (Å²) < 4.78 is 1.80. The standard InChI is InChI=1S/C18H25N9/c1-12-10-15(23-18(20-12)24(3)4)26-6-8-27(9-7-26)17-14-11-19-25(5)16(14)21-13(2)22-17/h10-11H,6-9H2,1-5H3. The van der Waals surface area contributed by atoms with E-state index in [4.69, 9.17) is 9.97 Å². The molecule has 3 aromatic rings. The number of nitrogens with zero attached hydrogens (tertiary/aromatic N) is 9. The van der Waals surface area contributed by atoms with E-state index in [1.54, 1.807) is 4.68 Å². The summed E-state index contributed by atoms with van der Waals surface area (Å²) in [7, 11) is 5.84. The van der Waals surface area contributed by atoms with Gasteiger partial charge in [0.2, 0.25) is 5.95 Å². The number of hydrogen-bond acceptors (Lipinski definition) is 8. The summed E-state index contributed by atoms with van der Waals surface area (Å²) in [6, 6.07) is 2.05. The lowest BCUT2D eigenvalue weighted by molar-refractivity contribution is 0.641. The van der Waals surface area contributed by atoms with Crippen molar-refractivity contribution in [2.45, 2.75) is 13.8 Å². The normalized spacial score (nSPS) is 14.9. The van der Waals surface area contributed by atoms with Gasteiger partial charge in [-0.2, -0.15) is 10.1 Å². The molecule has 4 heterocycles. The number of piperazine rings is 1. The quantitative estimate of drug-likeness (QED) is 0.682. The molecule has 9 nitrogen and oxygen atoms in total. The fourth-order valence-corrected chi connectivity index (χ4v) is 3.40. The third-order valence-corrected chi connectivity index (χ3v) is 4.82. The van der Waals surface area contributed by atoms with Crippen LogP contribution in [0.4, 0.5) is 17.6 Å². The second kappa shape index (κ2) is 6.64. The maximum Gasteiger partial charge on any atom is 0.226 e. The molecule has 1 aliphatic rings. The largest absolute Gasteiger partial charge is 0.353 e. The molecule has 0 spiro atoms. The molecule has 27 heavy (non-hydrogen) atoms. The van der Waals surface area contributed by atoms with Crippen LogP contribution in [-0.4, -0.2) is 70.0 Å². The smallest absolute Gasteiger partial charge is 0.226 e. The van der Waals surface area contributed by atoms with Gasteiger partial charge in [-0.25, -0.2) is 15.0 Å². The highest BCUT2D eigenvalue weighted by Gasteiger charge is 2.23. The Morgan fingerprint density at radius 3 is 2.33 bits per heavy atom. The van der Waals surface area contributed by atoms with E-state index in [1.165, 1.54) is 0 Å². The first-order valence-electron chi connectivity index (χ1n) is 9.11. The summed E-state index contributed by atoms with van der Waals surface area (Å²) in [4.78, 5) is 25.0. The fourth-order valence-electron chi connectivity index (χ4n) is 3.40. The Balaban J connectivity index is 1.57. The third-order valence-electron chi connectivity index (χ3n) is 4.82. The average molecular weight is 367 g/mol. The first-order valence-corrected chi connectivity index (χ1v) is 9.11. The minimum absolute atomic E-state index is 0.746. The summed E-state index contributed by atoms with van der Waals surface area (Å²) in [6.07, 6.45) is 1.85. The maximum absolute atomic E-state index is 4.71. The summed E-state index contributed by atoms with van der Waals surface area (Å²) in [5.41, 5.74) is 1.86. The fraction of sp³-hybridized carbons (Fsp3) is 0.500. The summed E-state index contributed by atoms with van der Waals surface area (Å²) in [5.74, 6) is 3.47. The van der Waals surface area contributed by atoms with Gasteiger partial charge in [-0.3, -0.25) is 4.68 Å². The molecule has 1 fully saturated rings. The van der Waals surface area contributed by atoms with Crippen molar-refractivity contribution in [2.24, 2.45) is 7.05 Å². The van der Waals surface area contributed by atoms with Gasteiger partial charge < -0.3 is 14.7 Å². The number of hydrogen-bond donors (Lipinski definition) is 0. The zero-order valence-corrected chi connectivity index (χ0v) is 16.5. The molecule has 0 amide bonds. The Bertz CT molecular complexity index is 970. The molecule has 1 saturated heterocycles.